The van der Waals surface area contributed by atoms with E-state index in [1.165, 1.54) is 49.9 Å². The summed E-state index contributed by atoms with van der Waals surface area (Å²) in [5, 5.41) is 0. The molecule has 1 fully saturated rings. The number of benzene rings is 1. The number of hydrogen-bond donors (Lipinski definition) is 0. The standard InChI is InChI=1S/C28H47NO2/c1-7-31-28(30)20-24-12-15-27(26(19-24)25-13-10-23(6)11-14-25)29(18-16-22(4)5)17-8-9-21(2)3/h10-11,13-14,21-22,24,26-27H,7-9,12,15-20H2,1-6H3/t24-,26+,27-/m1/s1. The highest BCUT2D eigenvalue weighted by Crippen LogP contribution is 2.41. The Morgan fingerprint density at radius 3 is 2.32 bits per heavy atom. The third-order valence-corrected chi connectivity index (χ3v) is 6.88. The van der Waals surface area contributed by atoms with Gasteiger partial charge in [0.15, 0.2) is 0 Å². The van der Waals surface area contributed by atoms with Crippen LogP contribution in [0.3, 0.4) is 0 Å². The van der Waals surface area contributed by atoms with Gasteiger partial charge >= 0.3 is 5.97 Å². The predicted octanol–water partition coefficient (Wildman–Crippen LogP) is 6.98. The number of esters is 1. The molecule has 1 aliphatic rings. The molecule has 0 unspecified atom stereocenters. The zero-order valence-electron chi connectivity index (χ0n) is 21.0. The number of aryl methyl sites for hydroxylation is 1. The first-order valence-corrected chi connectivity index (χ1v) is 12.8. The zero-order chi connectivity index (χ0) is 22.8. The van der Waals surface area contributed by atoms with Gasteiger partial charge in [0.2, 0.25) is 0 Å². The van der Waals surface area contributed by atoms with Gasteiger partial charge in [-0.3, -0.25) is 9.69 Å². The van der Waals surface area contributed by atoms with Crippen molar-refractivity contribution in [3.63, 3.8) is 0 Å². The molecule has 1 saturated carbocycles. The van der Waals surface area contributed by atoms with Crippen molar-refractivity contribution in [1.29, 1.82) is 0 Å². The van der Waals surface area contributed by atoms with E-state index in [-0.39, 0.29) is 5.97 Å². The predicted molar refractivity (Wildman–Crippen MR) is 131 cm³/mol. The second-order valence-corrected chi connectivity index (χ2v) is 10.5. The van der Waals surface area contributed by atoms with Crippen molar-refractivity contribution in [2.24, 2.45) is 17.8 Å². The van der Waals surface area contributed by atoms with Crippen molar-refractivity contribution in [2.45, 2.75) is 98.4 Å². The molecule has 0 saturated heterocycles. The van der Waals surface area contributed by atoms with Crippen LogP contribution in [0, 0.1) is 24.7 Å². The van der Waals surface area contributed by atoms with Crippen LogP contribution in [0.4, 0.5) is 0 Å². The molecule has 0 heterocycles. The minimum Gasteiger partial charge on any atom is -0.466 e. The number of nitrogens with zero attached hydrogens (tertiary/aromatic N) is 1. The minimum atomic E-state index is -0.0257. The lowest BCUT2D eigenvalue weighted by molar-refractivity contribution is -0.144. The lowest BCUT2D eigenvalue weighted by atomic mass is 9.73. The molecule has 176 valence electrons. The highest BCUT2D eigenvalue weighted by atomic mass is 16.5. The number of carbonyl (C=O) groups excluding carboxylic acids is 1. The molecule has 0 spiro atoms. The summed E-state index contributed by atoms with van der Waals surface area (Å²) in [5.74, 6) is 2.40. The van der Waals surface area contributed by atoms with Gasteiger partial charge in [0.1, 0.15) is 0 Å². The summed E-state index contributed by atoms with van der Waals surface area (Å²) in [7, 11) is 0. The molecule has 3 heteroatoms. The Kier molecular flexibility index (Phi) is 11.1. The molecule has 3 atom stereocenters. The van der Waals surface area contributed by atoms with Gasteiger partial charge in [0.05, 0.1) is 6.61 Å². The highest BCUT2D eigenvalue weighted by Gasteiger charge is 2.35. The van der Waals surface area contributed by atoms with E-state index >= 15 is 0 Å². The van der Waals surface area contributed by atoms with Gasteiger partial charge in [0.25, 0.3) is 0 Å². The van der Waals surface area contributed by atoms with E-state index < -0.39 is 0 Å². The summed E-state index contributed by atoms with van der Waals surface area (Å²) in [5.41, 5.74) is 2.76. The van der Waals surface area contributed by atoms with Crippen LogP contribution in [-0.2, 0) is 9.53 Å². The lowest BCUT2D eigenvalue weighted by Gasteiger charge is -2.43. The minimum absolute atomic E-state index is 0.0257. The quantitative estimate of drug-likeness (QED) is 0.335. The molecule has 1 aromatic carbocycles. The van der Waals surface area contributed by atoms with Crippen LogP contribution < -0.4 is 0 Å². The molecule has 0 amide bonds. The molecule has 0 aromatic heterocycles. The monoisotopic (exact) mass is 429 g/mol. The maximum absolute atomic E-state index is 12.2. The summed E-state index contributed by atoms with van der Waals surface area (Å²) in [4.78, 5) is 15.0. The molecule has 1 aliphatic carbocycles. The van der Waals surface area contributed by atoms with E-state index in [0.717, 1.165) is 24.7 Å². The fraction of sp³-hybridized carbons (Fsp3) is 0.750. The normalized spacial score (nSPS) is 21.8. The fourth-order valence-electron chi connectivity index (χ4n) is 5.06. The Balaban J connectivity index is 2.20. The first kappa shape index (κ1) is 25.9. The van der Waals surface area contributed by atoms with E-state index in [9.17, 15) is 4.79 Å². The molecule has 0 N–H and O–H groups in total. The molecule has 2 rings (SSSR count). The van der Waals surface area contributed by atoms with Crippen LogP contribution in [-0.4, -0.2) is 36.6 Å². The average Bonchev–Trinajstić information content (AvgIpc) is 2.71. The second kappa shape index (κ2) is 13.3. The van der Waals surface area contributed by atoms with Crippen LogP contribution >= 0.6 is 0 Å². The molecular weight excluding hydrogens is 382 g/mol. The summed E-state index contributed by atoms with van der Waals surface area (Å²) in [6.45, 7) is 16.2. The van der Waals surface area contributed by atoms with E-state index in [2.05, 4.69) is 63.8 Å². The van der Waals surface area contributed by atoms with E-state index in [4.69, 9.17) is 4.74 Å². The van der Waals surface area contributed by atoms with Crippen molar-refractivity contribution < 1.29 is 9.53 Å². The maximum atomic E-state index is 12.2. The average molecular weight is 430 g/mol. The molecular formula is C28H47NO2. The van der Waals surface area contributed by atoms with E-state index in [1.807, 2.05) is 6.92 Å². The molecule has 0 aliphatic heterocycles. The lowest BCUT2D eigenvalue weighted by Crippen LogP contribution is -2.44. The van der Waals surface area contributed by atoms with Gasteiger partial charge in [0, 0.05) is 12.5 Å². The highest BCUT2D eigenvalue weighted by molar-refractivity contribution is 5.69. The van der Waals surface area contributed by atoms with Gasteiger partial charge in [-0.1, -0.05) is 57.5 Å². The van der Waals surface area contributed by atoms with Gasteiger partial charge in [-0.25, -0.2) is 0 Å². The molecule has 0 radical (unpaired) electrons. The Morgan fingerprint density at radius 2 is 1.71 bits per heavy atom. The SMILES string of the molecule is CCOC(=O)C[C@@H]1CC[C@@H](N(CCCC(C)C)CCC(C)C)[C@H](c2ccc(C)cc2)C1. The van der Waals surface area contributed by atoms with Crippen LogP contribution in [0.15, 0.2) is 24.3 Å². The summed E-state index contributed by atoms with van der Waals surface area (Å²) in [6.07, 6.45) is 7.81. The Bertz CT molecular complexity index is 637. The van der Waals surface area contributed by atoms with Gasteiger partial charge in [-0.05, 0) is 94.7 Å². The van der Waals surface area contributed by atoms with E-state index in [0.29, 0.717) is 30.9 Å². The first-order valence-electron chi connectivity index (χ1n) is 12.8. The third-order valence-electron chi connectivity index (χ3n) is 6.88. The number of carbonyl (C=O) groups is 1. The largest absolute Gasteiger partial charge is 0.466 e. The summed E-state index contributed by atoms with van der Waals surface area (Å²) < 4.78 is 5.27. The molecule has 3 nitrogen and oxygen atoms in total. The van der Waals surface area contributed by atoms with Crippen LogP contribution in [0.25, 0.3) is 0 Å². The second-order valence-electron chi connectivity index (χ2n) is 10.5. The molecule has 0 bridgehead atoms. The fourth-order valence-corrected chi connectivity index (χ4v) is 5.06. The van der Waals surface area contributed by atoms with Crippen molar-refractivity contribution in [3.05, 3.63) is 35.4 Å². The Hall–Kier alpha value is -1.35. The number of rotatable bonds is 12. The zero-order valence-corrected chi connectivity index (χ0v) is 21.0. The smallest absolute Gasteiger partial charge is 0.306 e. The first-order chi connectivity index (χ1) is 14.8. The summed E-state index contributed by atoms with van der Waals surface area (Å²) >= 11 is 0. The van der Waals surface area contributed by atoms with Crippen molar-refractivity contribution in [1.82, 2.24) is 4.90 Å². The van der Waals surface area contributed by atoms with Gasteiger partial charge in [-0.2, -0.15) is 0 Å². The molecule has 1 aromatic rings. The number of hydrogen-bond acceptors (Lipinski definition) is 3. The van der Waals surface area contributed by atoms with Crippen molar-refractivity contribution in [2.75, 3.05) is 19.7 Å². The maximum Gasteiger partial charge on any atom is 0.306 e. The van der Waals surface area contributed by atoms with Crippen molar-refractivity contribution >= 4 is 5.97 Å². The topological polar surface area (TPSA) is 29.5 Å². The Morgan fingerprint density at radius 1 is 1.03 bits per heavy atom. The van der Waals surface area contributed by atoms with Crippen LogP contribution in [0.2, 0.25) is 0 Å². The summed E-state index contributed by atoms with van der Waals surface area (Å²) in [6, 6.07) is 9.73. The van der Waals surface area contributed by atoms with Crippen molar-refractivity contribution in [3.8, 4) is 0 Å². The van der Waals surface area contributed by atoms with E-state index in [1.54, 1.807) is 0 Å². The van der Waals surface area contributed by atoms with Gasteiger partial charge < -0.3 is 4.74 Å². The van der Waals surface area contributed by atoms with Gasteiger partial charge in [-0.15, -0.1) is 0 Å². The van der Waals surface area contributed by atoms with Crippen LogP contribution in [0.1, 0.15) is 96.6 Å². The van der Waals surface area contributed by atoms with Crippen LogP contribution in [0.5, 0.6) is 0 Å². The Labute approximate surface area is 191 Å². The third kappa shape index (κ3) is 8.96. The molecule has 31 heavy (non-hydrogen) atoms. The number of ether oxygens (including phenoxy) is 1.